The summed E-state index contributed by atoms with van der Waals surface area (Å²) >= 11 is 17.8. The lowest BCUT2D eigenvalue weighted by Gasteiger charge is -2.28. The SMILES string of the molecule is COC(=O)[C@H]1CC(Cl)(Cl)[C@@H](C)[C@@H]1C(=S)N(C)C. The fraction of sp³-hybridized carbons (Fsp3) is 0.818. The van der Waals surface area contributed by atoms with Crippen LogP contribution in [-0.2, 0) is 9.53 Å². The highest BCUT2D eigenvalue weighted by atomic mass is 35.5. The van der Waals surface area contributed by atoms with E-state index in [1.54, 1.807) is 0 Å². The van der Waals surface area contributed by atoms with Gasteiger partial charge in [-0.25, -0.2) is 0 Å². The Labute approximate surface area is 117 Å². The molecular weight excluding hydrogens is 281 g/mol. The molecule has 0 aromatic heterocycles. The van der Waals surface area contributed by atoms with Crippen LogP contribution in [0, 0.1) is 17.8 Å². The predicted molar refractivity (Wildman–Crippen MR) is 73.5 cm³/mol. The minimum Gasteiger partial charge on any atom is -0.469 e. The third kappa shape index (κ3) is 2.85. The van der Waals surface area contributed by atoms with Crippen molar-refractivity contribution < 1.29 is 9.53 Å². The first kappa shape index (κ1) is 15.0. The van der Waals surface area contributed by atoms with E-state index in [1.165, 1.54) is 7.11 Å². The summed E-state index contributed by atoms with van der Waals surface area (Å²) in [5, 5.41) is 0. The van der Waals surface area contributed by atoms with Crippen LogP contribution < -0.4 is 0 Å². The second-order valence-electron chi connectivity index (χ2n) is 4.64. The van der Waals surface area contributed by atoms with Crippen LogP contribution in [0.1, 0.15) is 13.3 Å². The Bertz CT molecular complexity index is 333. The largest absolute Gasteiger partial charge is 0.469 e. The molecule has 0 amide bonds. The van der Waals surface area contributed by atoms with Crippen molar-refractivity contribution in [1.29, 1.82) is 0 Å². The van der Waals surface area contributed by atoms with E-state index in [9.17, 15) is 4.79 Å². The Morgan fingerprint density at radius 1 is 1.47 bits per heavy atom. The Kier molecular flexibility index (Phi) is 4.67. The van der Waals surface area contributed by atoms with Gasteiger partial charge in [0.1, 0.15) is 4.33 Å². The van der Waals surface area contributed by atoms with E-state index >= 15 is 0 Å². The molecule has 1 aliphatic carbocycles. The Morgan fingerprint density at radius 2 is 2.00 bits per heavy atom. The molecule has 1 aliphatic rings. The smallest absolute Gasteiger partial charge is 0.309 e. The van der Waals surface area contributed by atoms with Crippen LogP contribution in [0.4, 0.5) is 0 Å². The zero-order valence-electron chi connectivity index (χ0n) is 10.4. The van der Waals surface area contributed by atoms with E-state index in [-0.39, 0.29) is 23.7 Å². The van der Waals surface area contributed by atoms with E-state index < -0.39 is 4.33 Å². The molecule has 3 atom stereocenters. The third-order valence-corrected chi connectivity index (χ3v) is 4.99. The third-order valence-electron chi connectivity index (χ3n) is 3.36. The lowest BCUT2D eigenvalue weighted by Crippen LogP contribution is -2.37. The van der Waals surface area contributed by atoms with Crippen molar-refractivity contribution in [3.8, 4) is 0 Å². The van der Waals surface area contributed by atoms with Crippen molar-refractivity contribution in [3.63, 3.8) is 0 Å². The number of ether oxygens (including phenoxy) is 1. The average Bonchev–Trinajstić information content (AvgIpc) is 2.48. The summed E-state index contributed by atoms with van der Waals surface area (Å²) in [7, 11) is 5.07. The summed E-state index contributed by atoms with van der Waals surface area (Å²) in [5.41, 5.74) is 0. The van der Waals surface area contributed by atoms with Gasteiger partial charge in [-0.15, -0.1) is 23.2 Å². The van der Waals surface area contributed by atoms with Gasteiger partial charge in [0, 0.05) is 20.0 Å². The van der Waals surface area contributed by atoms with Crippen LogP contribution in [0.2, 0.25) is 0 Å². The molecule has 98 valence electrons. The molecule has 17 heavy (non-hydrogen) atoms. The van der Waals surface area contributed by atoms with Crippen molar-refractivity contribution in [2.75, 3.05) is 21.2 Å². The summed E-state index contributed by atoms with van der Waals surface area (Å²) in [4.78, 5) is 14.3. The normalized spacial score (nSPS) is 31.1. The van der Waals surface area contributed by atoms with Crippen molar-refractivity contribution in [3.05, 3.63) is 0 Å². The van der Waals surface area contributed by atoms with E-state index in [1.807, 2.05) is 25.9 Å². The fourth-order valence-corrected chi connectivity index (χ4v) is 3.25. The number of hydrogen-bond donors (Lipinski definition) is 0. The van der Waals surface area contributed by atoms with E-state index in [4.69, 9.17) is 40.2 Å². The van der Waals surface area contributed by atoms with Crippen LogP contribution in [0.5, 0.6) is 0 Å². The second-order valence-corrected chi connectivity index (χ2v) is 6.60. The number of alkyl halides is 2. The minimum atomic E-state index is -0.927. The van der Waals surface area contributed by atoms with Gasteiger partial charge < -0.3 is 9.64 Å². The molecule has 1 fully saturated rings. The first-order chi connectivity index (χ1) is 7.72. The molecule has 1 rings (SSSR count). The number of esters is 1. The van der Waals surface area contributed by atoms with Gasteiger partial charge >= 0.3 is 5.97 Å². The van der Waals surface area contributed by atoms with Gasteiger partial charge in [-0.1, -0.05) is 19.1 Å². The Morgan fingerprint density at radius 3 is 2.41 bits per heavy atom. The first-order valence-corrected chi connectivity index (χ1v) is 6.55. The summed E-state index contributed by atoms with van der Waals surface area (Å²) in [6.45, 7) is 1.92. The monoisotopic (exact) mass is 297 g/mol. The summed E-state index contributed by atoms with van der Waals surface area (Å²) in [6, 6.07) is 0. The number of hydrogen-bond acceptors (Lipinski definition) is 3. The number of nitrogens with zero attached hydrogens (tertiary/aromatic N) is 1. The molecule has 3 nitrogen and oxygen atoms in total. The molecule has 0 unspecified atom stereocenters. The number of carbonyl (C=O) groups excluding carboxylic acids is 1. The van der Waals surface area contributed by atoms with Crippen LogP contribution in [0.25, 0.3) is 0 Å². The Hall–Kier alpha value is -0.0600. The molecule has 0 N–H and O–H groups in total. The molecule has 6 heteroatoms. The summed E-state index contributed by atoms with van der Waals surface area (Å²) < 4.78 is 3.87. The highest BCUT2D eigenvalue weighted by Gasteiger charge is 2.54. The van der Waals surface area contributed by atoms with Gasteiger partial charge in [0.15, 0.2) is 0 Å². The summed E-state index contributed by atoms with van der Waals surface area (Å²) in [6.07, 6.45) is 0.378. The highest BCUT2D eigenvalue weighted by molar-refractivity contribution is 7.80. The molecule has 0 heterocycles. The second kappa shape index (κ2) is 5.29. The predicted octanol–water partition coefficient (Wildman–Crippen LogP) is 2.49. The number of rotatable bonds is 2. The van der Waals surface area contributed by atoms with Gasteiger partial charge in [-0.2, -0.15) is 0 Å². The van der Waals surface area contributed by atoms with E-state index in [0.29, 0.717) is 11.4 Å². The molecule has 1 saturated carbocycles. The van der Waals surface area contributed by atoms with Crippen molar-refractivity contribution in [2.45, 2.75) is 17.7 Å². The van der Waals surface area contributed by atoms with Crippen LogP contribution in [0.15, 0.2) is 0 Å². The van der Waals surface area contributed by atoms with Gasteiger partial charge in [0.25, 0.3) is 0 Å². The number of thiocarbonyl (C=S) groups is 1. The van der Waals surface area contributed by atoms with Gasteiger partial charge in [-0.05, 0) is 12.3 Å². The topological polar surface area (TPSA) is 29.5 Å². The van der Waals surface area contributed by atoms with Crippen LogP contribution >= 0.6 is 35.4 Å². The molecule has 0 aromatic carbocycles. The van der Waals surface area contributed by atoms with E-state index in [2.05, 4.69) is 0 Å². The lowest BCUT2D eigenvalue weighted by molar-refractivity contribution is -0.146. The van der Waals surface area contributed by atoms with Crippen LogP contribution in [0.3, 0.4) is 0 Å². The van der Waals surface area contributed by atoms with Crippen molar-refractivity contribution in [2.24, 2.45) is 17.8 Å². The summed E-state index contributed by atoms with van der Waals surface area (Å²) in [5.74, 6) is -0.888. The Balaban J connectivity index is 3.04. The molecular formula is C11H17Cl2NO2S. The maximum Gasteiger partial charge on any atom is 0.309 e. The zero-order valence-corrected chi connectivity index (χ0v) is 12.7. The first-order valence-electron chi connectivity index (χ1n) is 5.39. The quantitative estimate of drug-likeness (QED) is 0.445. The molecule has 0 radical (unpaired) electrons. The van der Waals surface area contributed by atoms with Gasteiger partial charge in [-0.3, -0.25) is 4.79 Å². The molecule has 0 spiro atoms. The number of methoxy groups -OCH3 is 1. The van der Waals surface area contributed by atoms with Gasteiger partial charge in [0.2, 0.25) is 0 Å². The maximum atomic E-state index is 11.8. The van der Waals surface area contributed by atoms with Crippen LogP contribution in [-0.4, -0.2) is 41.4 Å². The van der Waals surface area contributed by atoms with Crippen molar-refractivity contribution in [1.82, 2.24) is 4.90 Å². The average molecular weight is 298 g/mol. The van der Waals surface area contributed by atoms with E-state index in [0.717, 1.165) is 0 Å². The molecule has 0 saturated heterocycles. The zero-order chi connectivity index (χ0) is 13.4. The fourth-order valence-electron chi connectivity index (χ4n) is 2.28. The number of halogens is 2. The standard InChI is InChI=1S/C11H17Cl2NO2S/c1-6-8(9(17)14(2)3)7(10(15)16-4)5-11(6,12)13/h6-8H,5H2,1-4H3/t6-,7-,8-/m0/s1. The molecule has 0 bridgehead atoms. The minimum absolute atomic E-state index is 0.0789. The highest BCUT2D eigenvalue weighted by Crippen LogP contribution is 2.51. The molecule has 0 aliphatic heterocycles. The number of carbonyl (C=O) groups is 1. The van der Waals surface area contributed by atoms with Gasteiger partial charge in [0.05, 0.1) is 18.0 Å². The molecule has 0 aromatic rings. The van der Waals surface area contributed by atoms with Crippen molar-refractivity contribution >= 4 is 46.4 Å². The lowest BCUT2D eigenvalue weighted by atomic mass is 9.90. The maximum absolute atomic E-state index is 11.8.